The molecule has 0 radical (unpaired) electrons. The first-order chi connectivity index (χ1) is 12.0. The summed E-state index contributed by atoms with van der Waals surface area (Å²) in [6, 6.07) is 13.8. The number of carbonyl (C=O) groups is 1. The van der Waals surface area contributed by atoms with Gasteiger partial charge in [0, 0.05) is 18.0 Å². The Balaban J connectivity index is 1.64. The lowest BCUT2D eigenvalue weighted by Gasteiger charge is -2.25. The Bertz CT molecular complexity index is 761. The first-order valence-corrected chi connectivity index (χ1v) is 8.84. The number of ether oxygens (including phenoxy) is 1. The first kappa shape index (κ1) is 17.8. The van der Waals surface area contributed by atoms with Crippen LogP contribution >= 0.6 is 11.6 Å². The van der Waals surface area contributed by atoms with Crippen LogP contribution in [0, 0.1) is 0 Å². The second kappa shape index (κ2) is 7.89. The molecule has 1 aliphatic heterocycles. The van der Waals surface area contributed by atoms with Crippen LogP contribution in [0.1, 0.15) is 22.7 Å². The molecular weight excluding hydrogens is 336 g/mol. The maximum Gasteiger partial charge on any atom is 0.224 e. The average Bonchev–Trinajstić information content (AvgIpc) is 3.04. The van der Waals surface area contributed by atoms with Crippen LogP contribution in [0.25, 0.3) is 0 Å². The topological polar surface area (TPSA) is 41.6 Å². The number of hydrogen-bond donors (Lipinski definition) is 1. The van der Waals surface area contributed by atoms with Gasteiger partial charge in [-0.2, -0.15) is 0 Å². The van der Waals surface area contributed by atoms with Crippen LogP contribution < -0.4 is 10.1 Å². The Morgan fingerprint density at radius 2 is 2.08 bits per heavy atom. The number of hydrogen-bond acceptors (Lipinski definition) is 3. The number of likely N-dealkylation sites (N-methyl/N-ethyl adjacent to an activating group) is 1. The van der Waals surface area contributed by atoms with Crippen LogP contribution in [0.3, 0.4) is 0 Å². The third-order valence-electron chi connectivity index (χ3n) is 4.52. The van der Waals surface area contributed by atoms with Crippen LogP contribution in [-0.2, 0) is 17.6 Å². The Morgan fingerprint density at radius 3 is 2.84 bits per heavy atom. The lowest BCUT2D eigenvalue weighted by Crippen LogP contribution is -2.35. The van der Waals surface area contributed by atoms with Crippen molar-refractivity contribution in [2.45, 2.75) is 18.9 Å². The third kappa shape index (κ3) is 4.33. The van der Waals surface area contributed by atoms with Crippen LogP contribution in [0.15, 0.2) is 42.5 Å². The van der Waals surface area contributed by atoms with Crippen LogP contribution in [-0.4, -0.2) is 38.1 Å². The summed E-state index contributed by atoms with van der Waals surface area (Å²) >= 11 is 6.13. The number of amides is 1. The highest BCUT2D eigenvalue weighted by molar-refractivity contribution is 6.31. The largest absolute Gasteiger partial charge is 0.493 e. The SMILES string of the molecule is CN(C)C(CNC(=O)Cc1ccccc1Cl)c1ccc2c(c1)CCO2. The third-order valence-corrected chi connectivity index (χ3v) is 4.89. The lowest BCUT2D eigenvalue weighted by molar-refractivity contribution is -0.120. The minimum absolute atomic E-state index is 0.0237. The number of fused-ring (bicyclic) bond motifs is 1. The number of nitrogens with zero attached hydrogens (tertiary/aromatic N) is 1. The highest BCUT2D eigenvalue weighted by Gasteiger charge is 2.19. The predicted molar refractivity (Wildman–Crippen MR) is 100 cm³/mol. The molecule has 25 heavy (non-hydrogen) atoms. The van der Waals surface area contributed by atoms with Crippen molar-refractivity contribution >= 4 is 17.5 Å². The fourth-order valence-corrected chi connectivity index (χ4v) is 3.30. The Kier molecular flexibility index (Phi) is 5.61. The molecule has 3 rings (SSSR count). The molecule has 0 saturated heterocycles. The molecule has 132 valence electrons. The van der Waals surface area contributed by atoms with E-state index < -0.39 is 0 Å². The number of nitrogens with one attached hydrogen (secondary N) is 1. The molecule has 0 spiro atoms. The quantitative estimate of drug-likeness (QED) is 0.862. The summed E-state index contributed by atoms with van der Waals surface area (Å²) in [6.45, 7) is 1.30. The molecule has 1 aliphatic rings. The van der Waals surface area contributed by atoms with E-state index in [0.29, 0.717) is 11.6 Å². The molecule has 0 bridgehead atoms. The zero-order valence-corrected chi connectivity index (χ0v) is 15.3. The fraction of sp³-hybridized carbons (Fsp3) is 0.350. The molecule has 0 aliphatic carbocycles. The standard InChI is InChI=1S/C20H23ClN2O2/c1-23(2)18(15-7-8-19-16(11-15)9-10-25-19)13-22-20(24)12-14-5-3-4-6-17(14)21/h3-8,11,18H,9-10,12-13H2,1-2H3,(H,22,24). The average molecular weight is 359 g/mol. The minimum Gasteiger partial charge on any atom is -0.493 e. The number of benzene rings is 2. The summed E-state index contributed by atoms with van der Waals surface area (Å²) < 4.78 is 5.57. The molecule has 0 fully saturated rings. The summed E-state index contributed by atoms with van der Waals surface area (Å²) in [5, 5.41) is 3.66. The fourth-order valence-electron chi connectivity index (χ4n) is 3.10. The molecule has 2 aromatic carbocycles. The number of carbonyl (C=O) groups excluding carboxylic acids is 1. The van der Waals surface area contributed by atoms with Gasteiger partial charge in [-0.05, 0) is 42.9 Å². The monoisotopic (exact) mass is 358 g/mol. The van der Waals surface area contributed by atoms with E-state index in [2.05, 4.69) is 22.3 Å². The van der Waals surface area contributed by atoms with E-state index in [1.54, 1.807) is 6.07 Å². The molecule has 1 atom stereocenters. The molecule has 0 aromatic heterocycles. The smallest absolute Gasteiger partial charge is 0.224 e. The maximum absolute atomic E-state index is 12.3. The van der Waals surface area contributed by atoms with E-state index in [9.17, 15) is 4.79 Å². The Hall–Kier alpha value is -2.04. The zero-order chi connectivity index (χ0) is 17.8. The molecule has 1 heterocycles. The van der Waals surface area contributed by atoms with E-state index in [0.717, 1.165) is 24.3 Å². The van der Waals surface area contributed by atoms with Crippen LogP contribution in [0.2, 0.25) is 5.02 Å². The van der Waals surface area contributed by atoms with E-state index in [4.69, 9.17) is 16.3 Å². The molecule has 2 aromatic rings. The van der Waals surface area contributed by atoms with E-state index >= 15 is 0 Å². The van der Waals surface area contributed by atoms with Crippen molar-refractivity contribution in [1.82, 2.24) is 10.2 Å². The molecule has 1 unspecified atom stereocenters. The summed E-state index contributed by atoms with van der Waals surface area (Å²) in [4.78, 5) is 14.4. The van der Waals surface area contributed by atoms with Crippen molar-refractivity contribution in [2.75, 3.05) is 27.2 Å². The predicted octanol–water partition coefficient (Wildman–Crippen LogP) is 3.24. The molecule has 0 saturated carbocycles. The van der Waals surface area contributed by atoms with Gasteiger partial charge in [0.15, 0.2) is 0 Å². The number of rotatable bonds is 6. The summed E-state index contributed by atoms with van der Waals surface area (Å²) in [5.41, 5.74) is 3.27. The Labute approximate surface area is 153 Å². The summed E-state index contributed by atoms with van der Waals surface area (Å²) in [5.74, 6) is 0.952. The molecule has 5 heteroatoms. The van der Waals surface area contributed by atoms with Gasteiger partial charge in [-0.3, -0.25) is 4.79 Å². The van der Waals surface area contributed by atoms with Crippen molar-refractivity contribution < 1.29 is 9.53 Å². The zero-order valence-electron chi connectivity index (χ0n) is 14.6. The van der Waals surface area contributed by atoms with E-state index in [1.165, 1.54) is 11.1 Å². The van der Waals surface area contributed by atoms with Gasteiger partial charge in [0.05, 0.1) is 19.1 Å². The number of halogens is 1. The van der Waals surface area contributed by atoms with Crippen molar-refractivity contribution in [3.8, 4) is 5.75 Å². The van der Waals surface area contributed by atoms with Gasteiger partial charge in [0.25, 0.3) is 0 Å². The van der Waals surface area contributed by atoms with Crippen molar-refractivity contribution in [2.24, 2.45) is 0 Å². The summed E-state index contributed by atoms with van der Waals surface area (Å²) in [7, 11) is 4.04. The van der Waals surface area contributed by atoms with Crippen LogP contribution in [0.5, 0.6) is 5.75 Å². The second-order valence-electron chi connectivity index (χ2n) is 6.52. The highest BCUT2D eigenvalue weighted by atomic mass is 35.5. The second-order valence-corrected chi connectivity index (χ2v) is 6.92. The van der Waals surface area contributed by atoms with Gasteiger partial charge >= 0.3 is 0 Å². The van der Waals surface area contributed by atoms with Gasteiger partial charge in [0.2, 0.25) is 5.91 Å². The first-order valence-electron chi connectivity index (χ1n) is 8.47. The molecule has 4 nitrogen and oxygen atoms in total. The Morgan fingerprint density at radius 1 is 1.28 bits per heavy atom. The highest BCUT2D eigenvalue weighted by Crippen LogP contribution is 2.29. The van der Waals surface area contributed by atoms with E-state index in [1.807, 2.05) is 38.4 Å². The van der Waals surface area contributed by atoms with Crippen molar-refractivity contribution in [3.05, 3.63) is 64.2 Å². The minimum atomic E-state index is -0.0237. The summed E-state index contributed by atoms with van der Waals surface area (Å²) in [6.07, 6.45) is 1.24. The van der Waals surface area contributed by atoms with Gasteiger partial charge < -0.3 is 15.0 Å². The van der Waals surface area contributed by atoms with Gasteiger partial charge in [-0.15, -0.1) is 0 Å². The lowest BCUT2D eigenvalue weighted by atomic mass is 10.0. The van der Waals surface area contributed by atoms with Crippen molar-refractivity contribution in [3.63, 3.8) is 0 Å². The van der Waals surface area contributed by atoms with Crippen molar-refractivity contribution in [1.29, 1.82) is 0 Å². The van der Waals surface area contributed by atoms with E-state index in [-0.39, 0.29) is 18.4 Å². The normalized spacial score (nSPS) is 14.1. The van der Waals surface area contributed by atoms with Gasteiger partial charge in [-0.1, -0.05) is 41.9 Å². The molecular formula is C20H23ClN2O2. The van der Waals surface area contributed by atoms with Gasteiger partial charge in [0.1, 0.15) is 5.75 Å². The van der Waals surface area contributed by atoms with Gasteiger partial charge in [-0.25, -0.2) is 0 Å². The maximum atomic E-state index is 12.3. The molecule has 1 amide bonds. The van der Waals surface area contributed by atoms with Crippen LogP contribution in [0.4, 0.5) is 0 Å². The molecule has 1 N–H and O–H groups in total.